The van der Waals surface area contributed by atoms with E-state index in [4.69, 9.17) is 14.2 Å². The minimum absolute atomic E-state index is 0.0666. The maximum absolute atomic E-state index is 13.4. The summed E-state index contributed by atoms with van der Waals surface area (Å²) >= 11 is 0. The number of esters is 1. The van der Waals surface area contributed by atoms with Gasteiger partial charge >= 0.3 is 5.97 Å². The van der Waals surface area contributed by atoms with Crippen molar-refractivity contribution in [1.82, 2.24) is 5.32 Å². The average Bonchev–Trinajstić information content (AvgIpc) is 3.45. The van der Waals surface area contributed by atoms with Crippen LogP contribution in [0.15, 0.2) is 109 Å². The summed E-state index contributed by atoms with van der Waals surface area (Å²) in [6, 6.07) is -1.04. The molecule has 0 aliphatic carbocycles. The zero-order valence-electron chi connectivity index (χ0n) is 49.2. The van der Waals surface area contributed by atoms with E-state index in [1.54, 1.807) is 6.08 Å². The van der Waals surface area contributed by atoms with Crippen molar-refractivity contribution < 1.29 is 49.3 Å². The molecule has 1 heterocycles. The van der Waals surface area contributed by atoms with Gasteiger partial charge in [0.2, 0.25) is 5.91 Å². The van der Waals surface area contributed by atoms with Crippen LogP contribution in [-0.2, 0) is 23.8 Å². The van der Waals surface area contributed by atoms with Gasteiger partial charge in [0, 0.05) is 6.42 Å². The van der Waals surface area contributed by atoms with Gasteiger partial charge in [-0.2, -0.15) is 0 Å². The van der Waals surface area contributed by atoms with Crippen molar-refractivity contribution in [3.05, 3.63) is 109 Å². The van der Waals surface area contributed by atoms with Crippen LogP contribution in [0.3, 0.4) is 0 Å². The lowest BCUT2D eigenvalue weighted by Crippen LogP contribution is -2.61. The Morgan fingerprint density at radius 3 is 1.51 bits per heavy atom. The molecule has 0 bridgehead atoms. The molecule has 0 aromatic carbocycles. The van der Waals surface area contributed by atoms with Gasteiger partial charge in [0.25, 0.3) is 0 Å². The van der Waals surface area contributed by atoms with Gasteiger partial charge in [-0.05, 0) is 77.0 Å². The Balaban J connectivity index is 2.71. The fourth-order valence-corrected chi connectivity index (χ4v) is 9.12. The first kappa shape index (κ1) is 72.3. The number of unbranched alkanes of at least 4 members (excludes halogenated alkanes) is 26. The van der Waals surface area contributed by atoms with E-state index in [0.29, 0.717) is 12.8 Å². The number of allylic oxidation sites excluding steroid dienone is 17. The average molecular weight is 1090 g/mol. The normalized spacial score (nSPS) is 19.7. The molecule has 8 unspecified atom stereocenters. The number of aliphatic hydroxyl groups is 5. The Hall–Kier alpha value is -3.68. The van der Waals surface area contributed by atoms with Crippen molar-refractivity contribution in [3.8, 4) is 0 Å². The molecular weight excluding hydrogens is 979 g/mol. The van der Waals surface area contributed by atoms with E-state index >= 15 is 0 Å². The molecule has 0 aromatic heterocycles. The van der Waals surface area contributed by atoms with Crippen LogP contribution in [0, 0.1) is 0 Å². The SMILES string of the molecule is CC\C=C/C=C/C=C/C=C\C=C\C=C\CCCCCC(=O)OC1C(OCC(NC(=O)C(O)CCCCCCCCCCCC/C=C\C/C=C\CCCCC)C(O)/C=C/CCCCCCCCCCCC)OC(CO)C(O)C1O. The van der Waals surface area contributed by atoms with Crippen molar-refractivity contribution in [2.24, 2.45) is 0 Å². The van der Waals surface area contributed by atoms with E-state index in [0.717, 1.165) is 83.5 Å². The molecule has 1 aliphatic rings. The number of hydrogen-bond acceptors (Lipinski definition) is 10. The van der Waals surface area contributed by atoms with E-state index in [-0.39, 0.29) is 19.4 Å². The van der Waals surface area contributed by atoms with Crippen molar-refractivity contribution in [3.63, 3.8) is 0 Å². The highest BCUT2D eigenvalue weighted by Gasteiger charge is 2.47. The lowest BCUT2D eigenvalue weighted by Gasteiger charge is -2.41. The Labute approximate surface area is 475 Å². The summed E-state index contributed by atoms with van der Waals surface area (Å²) in [7, 11) is 0. The second-order valence-electron chi connectivity index (χ2n) is 21.2. The van der Waals surface area contributed by atoms with Crippen LogP contribution in [-0.4, -0.2) is 99.6 Å². The fraction of sp³-hybridized carbons (Fsp3) is 0.701. The molecule has 1 aliphatic heterocycles. The van der Waals surface area contributed by atoms with Gasteiger partial charge < -0.3 is 45.1 Å². The Morgan fingerprint density at radius 1 is 0.526 bits per heavy atom. The molecule has 1 saturated heterocycles. The van der Waals surface area contributed by atoms with Crippen LogP contribution in [0.4, 0.5) is 0 Å². The Kier molecular flexibility index (Phi) is 50.0. The van der Waals surface area contributed by atoms with Gasteiger partial charge in [-0.15, -0.1) is 0 Å². The van der Waals surface area contributed by atoms with Crippen LogP contribution < -0.4 is 5.32 Å². The predicted molar refractivity (Wildman–Crippen MR) is 324 cm³/mol. The lowest BCUT2D eigenvalue weighted by molar-refractivity contribution is -0.305. The molecule has 1 amide bonds. The third kappa shape index (κ3) is 41.3. The van der Waals surface area contributed by atoms with Crippen LogP contribution >= 0.6 is 0 Å². The Bertz CT molecular complexity index is 1680. The second kappa shape index (κ2) is 53.9. The molecule has 0 aromatic rings. The summed E-state index contributed by atoms with van der Waals surface area (Å²) in [5.41, 5.74) is 0. The van der Waals surface area contributed by atoms with E-state index in [9.17, 15) is 35.1 Å². The summed E-state index contributed by atoms with van der Waals surface area (Å²) in [6.45, 7) is 5.59. The van der Waals surface area contributed by atoms with Crippen LogP contribution in [0.1, 0.15) is 239 Å². The predicted octanol–water partition coefficient (Wildman–Crippen LogP) is 14.9. The standard InChI is InChI=1S/C67H113NO10/c1-4-7-10-13-16-19-22-25-27-29-30-31-33-34-36-39-42-45-48-51-54-60(71)66(75)68-58(59(70)53-50-47-44-41-38-24-21-18-15-12-9-6-3)57-76-67-65(64(74)63(73)61(56-69)77-67)78-62(72)55-52-49-46-43-40-37-35-32-28-26-23-20-17-14-11-8-5-2/h8,11,14,16-17,19-20,23,25-28,32,35,37,40,50,53,58-61,63-65,67,69-71,73-74H,4-7,9-10,12-13,15,18,21-22,24,29-31,33-34,36,38-39,41-49,51-52,54-57H2,1-3H3,(H,68,75)/b11-8-,17-14+,19-16-,23-20+,27-25-,28-26-,35-32+,40-37+,53-50+. The minimum atomic E-state index is -1.64. The number of rotatable bonds is 51. The van der Waals surface area contributed by atoms with Crippen LogP contribution in [0.5, 0.6) is 0 Å². The van der Waals surface area contributed by atoms with Gasteiger partial charge in [0.05, 0.1) is 25.4 Å². The summed E-state index contributed by atoms with van der Waals surface area (Å²) in [5.74, 6) is -1.25. The summed E-state index contributed by atoms with van der Waals surface area (Å²) in [5, 5.41) is 57.0. The number of hydrogen-bond donors (Lipinski definition) is 6. The van der Waals surface area contributed by atoms with Gasteiger partial charge in [0.1, 0.15) is 24.4 Å². The first-order valence-electron chi connectivity index (χ1n) is 31.2. The summed E-state index contributed by atoms with van der Waals surface area (Å²) < 4.78 is 17.6. The molecule has 6 N–H and O–H groups in total. The maximum atomic E-state index is 13.4. The number of ether oxygens (including phenoxy) is 3. The third-order valence-corrected chi connectivity index (χ3v) is 14.1. The highest BCUT2D eigenvalue weighted by atomic mass is 16.7. The Morgan fingerprint density at radius 2 is 0.974 bits per heavy atom. The molecule has 8 atom stereocenters. The first-order chi connectivity index (χ1) is 38.2. The molecule has 78 heavy (non-hydrogen) atoms. The molecule has 1 fully saturated rings. The van der Waals surface area contributed by atoms with Crippen molar-refractivity contribution in [1.29, 1.82) is 0 Å². The van der Waals surface area contributed by atoms with E-state index in [1.165, 1.54) is 109 Å². The molecule has 0 spiro atoms. The number of carbonyl (C=O) groups excluding carboxylic acids is 2. The molecule has 1 rings (SSSR count). The molecule has 446 valence electrons. The molecule has 11 nitrogen and oxygen atoms in total. The maximum Gasteiger partial charge on any atom is 0.306 e. The smallest absolute Gasteiger partial charge is 0.306 e. The summed E-state index contributed by atoms with van der Waals surface area (Å²) in [6.07, 6.45) is 62.6. The zero-order chi connectivity index (χ0) is 56.8. The largest absolute Gasteiger partial charge is 0.454 e. The van der Waals surface area contributed by atoms with Crippen molar-refractivity contribution in [2.45, 2.75) is 288 Å². The first-order valence-corrected chi connectivity index (χ1v) is 31.2. The summed E-state index contributed by atoms with van der Waals surface area (Å²) in [4.78, 5) is 26.5. The van der Waals surface area contributed by atoms with Gasteiger partial charge in [-0.25, -0.2) is 0 Å². The third-order valence-electron chi connectivity index (χ3n) is 14.1. The van der Waals surface area contributed by atoms with Crippen LogP contribution in [0.2, 0.25) is 0 Å². The molecule has 0 saturated carbocycles. The molecular formula is C67H113NO10. The number of nitrogens with one attached hydrogen (secondary N) is 1. The van der Waals surface area contributed by atoms with Crippen molar-refractivity contribution >= 4 is 11.9 Å². The van der Waals surface area contributed by atoms with Gasteiger partial charge in [0.15, 0.2) is 12.4 Å². The number of aliphatic hydroxyl groups excluding tert-OH is 5. The molecule has 0 radical (unpaired) electrons. The monoisotopic (exact) mass is 1090 g/mol. The highest BCUT2D eigenvalue weighted by Crippen LogP contribution is 2.26. The fourth-order valence-electron chi connectivity index (χ4n) is 9.12. The van der Waals surface area contributed by atoms with Crippen LogP contribution in [0.25, 0.3) is 0 Å². The quantitative estimate of drug-likeness (QED) is 0.0149. The van der Waals surface area contributed by atoms with Gasteiger partial charge in [-0.1, -0.05) is 265 Å². The van der Waals surface area contributed by atoms with E-state index < -0.39 is 67.4 Å². The van der Waals surface area contributed by atoms with E-state index in [1.807, 2.05) is 66.8 Å². The number of carbonyl (C=O) groups is 2. The topological polar surface area (TPSA) is 175 Å². The number of amides is 1. The second-order valence-corrected chi connectivity index (χ2v) is 21.2. The lowest BCUT2D eigenvalue weighted by atomic mass is 9.99. The van der Waals surface area contributed by atoms with Gasteiger partial charge in [-0.3, -0.25) is 9.59 Å². The zero-order valence-corrected chi connectivity index (χ0v) is 49.2. The minimum Gasteiger partial charge on any atom is -0.454 e. The highest BCUT2D eigenvalue weighted by molar-refractivity contribution is 5.80. The van der Waals surface area contributed by atoms with E-state index in [2.05, 4.69) is 62.5 Å². The molecule has 11 heteroatoms. The van der Waals surface area contributed by atoms with Crippen molar-refractivity contribution in [2.75, 3.05) is 13.2 Å².